The summed E-state index contributed by atoms with van der Waals surface area (Å²) in [6.45, 7) is 3.43. The summed E-state index contributed by atoms with van der Waals surface area (Å²) in [5.74, 6) is 0.843. The molecule has 3 heterocycles. The first kappa shape index (κ1) is 18.9. The molecule has 0 bridgehead atoms. The number of nitrogens with zero attached hydrogens (tertiary/aromatic N) is 5. The van der Waals surface area contributed by atoms with E-state index in [2.05, 4.69) is 15.0 Å². The topological polar surface area (TPSA) is 96.8 Å². The van der Waals surface area contributed by atoms with Crippen LogP contribution < -0.4 is 10.0 Å². The second kappa shape index (κ2) is 7.20. The van der Waals surface area contributed by atoms with E-state index in [9.17, 15) is 8.42 Å². The van der Waals surface area contributed by atoms with Gasteiger partial charge >= 0.3 is 0 Å². The van der Waals surface area contributed by atoms with E-state index in [1.165, 1.54) is 6.33 Å². The summed E-state index contributed by atoms with van der Waals surface area (Å²) >= 11 is 6.24. The van der Waals surface area contributed by atoms with Crippen LogP contribution in [0.1, 0.15) is 44.1 Å². The third kappa shape index (κ3) is 3.53. The van der Waals surface area contributed by atoms with E-state index in [4.69, 9.17) is 16.7 Å². The van der Waals surface area contributed by atoms with Crippen molar-refractivity contribution in [3.63, 3.8) is 0 Å². The van der Waals surface area contributed by atoms with Crippen LogP contribution in [0.25, 0.3) is 5.52 Å². The van der Waals surface area contributed by atoms with Crippen LogP contribution in [0, 0.1) is 6.92 Å². The minimum absolute atomic E-state index is 0.0475. The predicted octanol–water partition coefficient (Wildman–Crippen LogP) is 2.11. The van der Waals surface area contributed by atoms with Gasteiger partial charge in [0, 0.05) is 25.2 Å². The highest BCUT2D eigenvalue weighted by molar-refractivity contribution is 7.86. The summed E-state index contributed by atoms with van der Waals surface area (Å²) in [6, 6.07) is 1.88. The maximum atomic E-state index is 12.2. The van der Waals surface area contributed by atoms with Crippen LogP contribution in [0.15, 0.2) is 12.4 Å². The lowest BCUT2D eigenvalue weighted by atomic mass is 10.0. The zero-order chi connectivity index (χ0) is 19.2. The molecule has 2 fully saturated rings. The van der Waals surface area contributed by atoms with Crippen molar-refractivity contribution in [3.8, 4) is 0 Å². The van der Waals surface area contributed by atoms with Crippen molar-refractivity contribution >= 4 is 33.1 Å². The van der Waals surface area contributed by atoms with E-state index in [0.717, 1.165) is 68.5 Å². The van der Waals surface area contributed by atoms with Gasteiger partial charge in [0.05, 0.1) is 0 Å². The molecule has 4 rings (SSSR count). The molecular weight excluding hydrogens is 388 g/mol. The highest BCUT2D eigenvalue weighted by Gasteiger charge is 2.37. The number of nitrogens with two attached hydrogens (primary N) is 1. The third-order valence-corrected chi connectivity index (χ3v) is 7.24. The quantitative estimate of drug-likeness (QED) is 0.829. The number of aryl methyl sites for hydroxylation is 1. The second-order valence-electron chi connectivity index (χ2n) is 7.53. The Morgan fingerprint density at radius 1 is 1.19 bits per heavy atom. The van der Waals surface area contributed by atoms with Gasteiger partial charge in [0.25, 0.3) is 10.2 Å². The van der Waals surface area contributed by atoms with Crippen molar-refractivity contribution in [1.29, 1.82) is 0 Å². The molecule has 27 heavy (non-hydrogen) atoms. The monoisotopic (exact) mass is 412 g/mol. The number of fused-ring (bicyclic) bond motifs is 1. The average molecular weight is 413 g/mol. The fraction of sp³-hybridized carbons (Fsp3) is 0.647. The van der Waals surface area contributed by atoms with Gasteiger partial charge in [-0.1, -0.05) is 24.4 Å². The van der Waals surface area contributed by atoms with Gasteiger partial charge in [0.1, 0.15) is 17.0 Å². The number of halogens is 1. The van der Waals surface area contributed by atoms with Crippen molar-refractivity contribution in [2.45, 2.75) is 57.5 Å². The minimum atomic E-state index is -3.70. The number of aromatic nitrogens is 3. The van der Waals surface area contributed by atoms with Crippen LogP contribution in [0.2, 0.25) is 5.15 Å². The zero-order valence-electron chi connectivity index (χ0n) is 15.4. The fourth-order valence-electron chi connectivity index (χ4n) is 4.60. The molecule has 1 aliphatic heterocycles. The Balaban J connectivity index is 1.55. The maximum absolute atomic E-state index is 12.2. The Hall–Kier alpha value is -1.42. The molecule has 8 nitrogen and oxygen atoms in total. The van der Waals surface area contributed by atoms with Crippen molar-refractivity contribution < 1.29 is 8.42 Å². The summed E-state index contributed by atoms with van der Waals surface area (Å²) in [4.78, 5) is 6.67. The summed E-state index contributed by atoms with van der Waals surface area (Å²) in [7, 11) is -3.70. The first-order valence-electron chi connectivity index (χ1n) is 9.41. The summed E-state index contributed by atoms with van der Waals surface area (Å²) in [5, 5.41) is 10.4. The molecule has 0 radical (unpaired) electrons. The van der Waals surface area contributed by atoms with Gasteiger partial charge in [-0.15, -0.1) is 0 Å². The Bertz CT molecular complexity index is 932. The lowest BCUT2D eigenvalue weighted by Crippen LogP contribution is -2.53. The molecule has 1 saturated heterocycles. The molecule has 0 atom stereocenters. The van der Waals surface area contributed by atoms with Crippen LogP contribution >= 0.6 is 11.6 Å². The van der Waals surface area contributed by atoms with E-state index in [0.29, 0.717) is 5.15 Å². The summed E-state index contributed by atoms with van der Waals surface area (Å²) in [5.41, 5.74) is 1.93. The molecule has 1 saturated carbocycles. The van der Waals surface area contributed by atoms with Crippen LogP contribution in [0.5, 0.6) is 0 Å². The summed E-state index contributed by atoms with van der Waals surface area (Å²) in [6.07, 6.45) is 6.93. The van der Waals surface area contributed by atoms with Gasteiger partial charge in [-0.05, 0) is 44.2 Å². The molecule has 0 unspecified atom stereocenters. The fourth-order valence-corrected chi connectivity index (χ4v) is 6.14. The number of hydrogen-bond donors (Lipinski definition) is 1. The van der Waals surface area contributed by atoms with E-state index < -0.39 is 10.2 Å². The first-order chi connectivity index (χ1) is 12.9. The van der Waals surface area contributed by atoms with Gasteiger partial charge in [0.2, 0.25) is 0 Å². The van der Waals surface area contributed by atoms with Crippen LogP contribution in [0.4, 0.5) is 5.82 Å². The molecule has 2 N–H and O–H groups in total. The molecule has 2 aliphatic rings. The lowest BCUT2D eigenvalue weighted by molar-refractivity contribution is 0.218. The number of piperidine rings is 1. The second-order valence-corrected chi connectivity index (χ2v) is 9.36. The number of anilines is 1. The lowest BCUT2D eigenvalue weighted by Gasteiger charge is -2.40. The Morgan fingerprint density at radius 3 is 2.44 bits per heavy atom. The van der Waals surface area contributed by atoms with Crippen molar-refractivity contribution in [1.82, 2.24) is 18.9 Å². The molecule has 0 amide bonds. The molecule has 10 heteroatoms. The summed E-state index contributed by atoms with van der Waals surface area (Å²) < 4.78 is 27.8. The van der Waals surface area contributed by atoms with Gasteiger partial charge in [-0.25, -0.2) is 14.6 Å². The van der Waals surface area contributed by atoms with Gasteiger partial charge in [-0.2, -0.15) is 17.8 Å². The minimum Gasteiger partial charge on any atom is -0.355 e. The van der Waals surface area contributed by atoms with Crippen molar-refractivity contribution in [2.24, 2.45) is 5.14 Å². The smallest absolute Gasteiger partial charge is 0.277 e. The van der Waals surface area contributed by atoms with Crippen LogP contribution in [-0.4, -0.2) is 52.5 Å². The molecule has 148 valence electrons. The largest absolute Gasteiger partial charge is 0.355 e. The highest BCUT2D eigenvalue weighted by atomic mass is 35.5. The van der Waals surface area contributed by atoms with E-state index in [1.54, 1.807) is 8.82 Å². The number of rotatable bonds is 4. The molecule has 0 aromatic carbocycles. The first-order valence-corrected chi connectivity index (χ1v) is 11.3. The van der Waals surface area contributed by atoms with Crippen molar-refractivity contribution in [2.75, 3.05) is 18.0 Å². The van der Waals surface area contributed by atoms with E-state index in [1.807, 2.05) is 13.0 Å². The maximum Gasteiger partial charge on any atom is 0.277 e. The highest BCUT2D eigenvalue weighted by Crippen LogP contribution is 2.32. The standard InChI is InChI=1S/C17H25ClN6O2S/c1-12-10-15(18)23-16(12)17(20-11-21-23)22-8-6-14(7-9-22)24(27(19,25)26)13-4-2-3-5-13/h10-11,13-14H,2-9H2,1H3,(H2,19,25,26). The Morgan fingerprint density at radius 2 is 1.81 bits per heavy atom. The molecule has 2 aromatic rings. The molecule has 1 aliphatic carbocycles. The third-order valence-electron chi connectivity index (χ3n) is 5.78. The average Bonchev–Trinajstić information content (AvgIpc) is 3.23. The Labute approximate surface area is 164 Å². The van der Waals surface area contributed by atoms with E-state index >= 15 is 0 Å². The van der Waals surface area contributed by atoms with Crippen LogP contribution in [0.3, 0.4) is 0 Å². The SMILES string of the molecule is Cc1cc(Cl)n2ncnc(N3CCC(N(C4CCCC4)S(N)(=O)=O)CC3)c12. The van der Waals surface area contributed by atoms with E-state index in [-0.39, 0.29) is 12.1 Å². The van der Waals surface area contributed by atoms with Gasteiger partial charge < -0.3 is 4.90 Å². The number of hydrogen-bond acceptors (Lipinski definition) is 5. The predicted molar refractivity (Wildman–Crippen MR) is 105 cm³/mol. The van der Waals surface area contributed by atoms with Gasteiger partial charge in [-0.3, -0.25) is 0 Å². The van der Waals surface area contributed by atoms with Crippen LogP contribution in [-0.2, 0) is 10.2 Å². The molecule has 0 spiro atoms. The Kier molecular flexibility index (Phi) is 5.04. The zero-order valence-corrected chi connectivity index (χ0v) is 17.0. The van der Waals surface area contributed by atoms with Gasteiger partial charge in [0.15, 0.2) is 5.82 Å². The molecular formula is C17H25ClN6O2S. The van der Waals surface area contributed by atoms with Crippen molar-refractivity contribution in [3.05, 3.63) is 23.1 Å². The normalized spacial score (nSPS) is 20.2. The molecule has 2 aromatic heterocycles.